The van der Waals surface area contributed by atoms with Crippen LogP contribution in [-0.4, -0.2) is 53.6 Å². The first-order valence-corrected chi connectivity index (χ1v) is 6.03. The molecule has 0 spiro atoms. The van der Waals surface area contributed by atoms with Gasteiger partial charge in [0.25, 0.3) is 0 Å². The summed E-state index contributed by atoms with van der Waals surface area (Å²) in [5, 5.41) is 11.3. The van der Waals surface area contributed by atoms with Crippen molar-refractivity contribution in [2.45, 2.75) is 38.3 Å². The fourth-order valence-electron chi connectivity index (χ4n) is 1.89. The molecule has 0 unspecified atom stereocenters. The zero-order chi connectivity index (χ0) is 12.8. The number of rotatable bonds is 5. The minimum Gasteiger partial charge on any atom is -0.480 e. The van der Waals surface area contributed by atoms with E-state index in [-0.39, 0.29) is 18.5 Å². The summed E-state index contributed by atoms with van der Waals surface area (Å²) in [5.74, 6) is -1.21. The molecule has 0 aromatic carbocycles. The Morgan fingerprint density at radius 2 is 2.06 bits per heavy atom. The molecule has 1 amide bonds. The Bertz CT molecular complexity index is 275. The summed E-state index contributed by atoms with van der Waals surface area (Å²) in [4.78, 5) is 24.4. The Hall–Kier alpha value is -1.14. The lowest BCUT2D eigenvalue weighted by molar-refractivity contribution is -0.142. The average Bonchev–Trinajstić information content (AvgIpc) is 2.28. The summed E-state index contributed by atoms with van der Waals surface area (Å²) in [7, 11) is 0. The number of carboxylic acids is 1. The number of nitrogens with zero attached hydrogens (tertiary/aromatic N) is 1. The van der Waals surface area contributed by atoms with E-state index in [1.807, 2.05) is 4.90 Å². The van der Waals surface area contributed by atoms with Crippen molar-refractivity contribution in [3.8, 4) is 0 Å². The smallest absolute Gasteiger partial charge is 0.326 e. The molecule has 6 heteroatoms. The van der Waals surface area contributed by atoms with Crippen LogP contribution in [0.2, 0.25) is 0 Å². The number of nitrogens with one attached hydrogen (secondary N) is 1. The molecule has 0 aliphatic carbocycles. The van der Waals surface area contributed by atoms with Gasteiger partial charge in [0.2, 0.25) is 5.91 Å². The fourth-order valence-corrected chi connectivity index (χ4v) is 1.89. The van der Waals surface area contributed by atoms with Crippen LogP contribution >= 0.6 is 0 Å². The van der Waals surface area contributed by atoms with Crippen molar-refractivity contribution in [2.24, 2.45) is 5.73 Å². The molecule has 4 N–H and O–H groups in total. The van der Waals surface area contributed by atoms with Crippen LogP contribution in [0.15, 0.2) is 0 Å². The van der Waals surface area contributed by atoms with Crippen LogP contribution in [-0.2, 0) is 9.59 Å². The molecule has 1 heterocycles. The lowest BCUT2D eigenvalue weighted by Gasteiger charge is -2.29. The maximum atomic E-state index is 11.6. The van der Waals surface area contributed by atoms with Crippen LogP contribution in [0.1, 0.15) is 26.2 Å². The molecule has 0 bridgehead atoms. The molecule has 0 radical (unpaired) electrons. The third-order valence-corrected chi connectivity index (χ3v) is 3.04. The van der Waals surface area contributed by atoms with E-state index in [4.69, 9.17) is 10.8 Å². The highest BCUT2D eigenvalue weighted by Gasteiger charge is 2.21. The third-order valence-electron chi connectivity index (χ3n) is 3.04. The zero-order valence-corrected chi connectivity index (χ0v) is 10.2. The van der Waals surface area contributed by atoms with E-state index in [2.05, 4.69) is 5.32 Å². The molecule has 0 aromatic heterocycles. The number of piperidine rings is 1. The van der Waals surface area contributed by atoms with Gasteiger partial charge in [0.05, 0.1) is 6.54 Å². The molecule has 6 nitrogen and oxygen atoms in total. The van der Waals surface area contributed by atoms with E-state index in [0.717, 1.165) is 25.9 Å². The van der Waals surface area contributed by atoms with Crippen LogP contribution < -0.4 is 11.1 Å². The van der Waals surface area contributed by atoms with Gasteiger partial charge in [-0.1, -0.05) is 6.92 Å². The zero-order valence-electron chi connectivity index (χ0n) is 10.2. The largest absolute Gasteiger partial charge is 0.480 e. The Kier molecular flexibility index (Phi) is 5.37. The van der Waals surface area contributed by atoms with Crippen molar-refractivity contribution in [2.75, 3.05) is 19.6 Å². The summed E-state index contributed by atoms with van der Waals surface area (Å²) < 4.78 is 0. The van der Waals surface area contributed by atoms with Crippen molar-refractivity contribution in [1.82, 2.24) is 10.2 Å². The number of likely N-dealkylation sites (tertiary alicyclic amines) is 1. The molecule has 1 fully saturated rings. The highest BCUT2D eigenvalue weighted by Crippen LogP contribution is 2.07. The highest BCUT2D eigenvalue weighted by atomic mass is 16.4. The van der Waals surface area contributed by atoms with E-state index >= 15 is 0 Å². The molecule has 17 heavy (non-hydrogen) atoms. The first-order chi connectivity index (χ1) is 8.02. The molecular formula is C11H21N3O3. The molecular weight excluding hydrogens is 222 g/mol. The molecule has 0 saturated carbocycles. The third kappa shape index (κ3) is 4.70. The predicted molar refractivity (Wildman–Crippen MR) is 63.5 cm³/mol. The summed E-state index contributed by atoms with van der Waals surface area (Å²) in [5.41, 5.74) is 5.76. The molecule has 0 aromatic rings. The number of carbonyl (C=O) groups excluding carboxylic acids is 1. The molecule has 1 aliphatic rings. The van der Waals surface area contributed by atoms with Crippen LogP contribution in [0.4, 0.5) is 0 Å². The molecule has 98 valence electrons. The quantitative estimate of drug-likeness (QED) is 0.598. The van der Waals surface area contributed by atoms with Crippen LogP contribution in [0, 0.1) is 0 Å². The van der Waals surface area contributed by atoms with E-state index in [0.29, 0.717) is 6.42 Å². The number of aliphatic carboxylic acids is 1. The highest BCUT2D eigenvalue weighted by molar-refractivity contribution is 5.84. The minimum atomic E-state index is -0.985. The van der Waals surface area contributed by atoms with Crippen molar-refractivity contribution in [3.63, 3.8) is 0 Å². The maximum absolute atomic E-state index is 11.6. The first kappa shape index (κ1) is 13.9. The Balaban J connectivity index is 2.31. The lowest BCUT2D eigenvalue weighted by atomic mass is 10.1. The second-order valence-corrected chi connectivity index (χ2v) is 4.48. The normalized spacial score (nSPS) is 19.9. The molecule has 1 atom stereocenters. The van der Waals surface area contributed by atoms with Gasteiger partial charge in [-0.05, 0) is 19.3 Å². The molecule has 1 aliphatic heterocycles. The van der Waals surface area contributed by atoms with Crippen LogP contribution in [0.3, 0.4) is 0 Å². The second-order valence-electron chi connectivity index (χ2n) is 4.48. The van der Waals surface area contributed by atoms with Gasteiger partial charge < -0.3 is 16.2 Å². The van der Waals surface area contributed by atoms with E-state index in [1.165, 1.54) is 0 Å². The summed E-state index contributed by atoms with van der Waals surface area (Å²) in [6, 6.07) is -0.550. The standard InChI is InChI=1S/C11H21N3O3/c1-2-9(11(16)17)13-10(15)7-14-5-3-8(12)4-6-14/h8-9H,2-7,12H2,1H3,(H,13,15)(H,16,17)/t9-/m0/s1. The van der Waals surface area contributed by atoms with Crippen molar-refractivity contribution in [1.29, 1.82) is 0 Å². The van der Waals surface area contributed by atoms with Gasteiger partial charge in [-0.2, -0.15) is 0 Å². The first-order valence-electron chi connectivity index (χ1n) is 6.03. The van der Waals surface area contributed by atoms with Crippen molar-refractivity contribution in [3.05, 3.63) is 0 Å². The monoisotopic (exact) mass is 243 g/mol. The van der Waals surface area contributed by atoms with Crippen LogP contribution in [0.25, 0.3) is 0 Å². The summed E-state index contributed by atoms with van der Waals surface area (Å²) in [6.07, 6.45) is 2.18. The number of hydrogen-bond donors (Lipinski definition) is 3. The van der Waals surface area contributed by atoms with Crippen molar-refractivity contribution < 1.29 is 14.7 Å². The Morgan fingerprint density at radius 3 is 2.53 bits per heavy atom. The average molecular weight is 243 g/mol. The van der Waals surface area contributed by atoms with Gasteiger partial charge in [0.1, 0.15) is 6.04 Å². The lowest BCUT2D eigenvalue weighted by Crippen LogP contribution is -2.48. The molecule has 1 saturated heterocycles. The number of carbonyl (C=O) groups is 2. The van der Waals surface area contributed by atoms with Gasteiger partial charge >= 0.3 is 5.97 Å². The van der Waals surface area contributed by atoms with Crippen LogP contribution in [0.5, 0.6) is 0 Å². The maximum Gasteiger partial charge on any atom is 0.326 e. The van der Waals surface area contributed by atoms with Crippen molar-refractivity contribution >= 4 is 11.9 Å². The molecule has 1 rings (SSSR count). The van der Waals surface area contributed by atoms with Gasteiger partial charge in [-0.15, -0.1) is 0 Å². The van der Waals surface area contributed by atoms with E-state index in [9.17, 15) is 9.59 Å². The number of amides is 1. The van der Waals surface area contributed by atoms with Gasteiger partial charge in [-0.25, -0.2) is 4.79 Å². The summed E-state index contributed by atoms with van der Waals surface area (Å²) in [6.45, 7) is 3.60. The van der Waals surface area contributed by atoms with E-state index in [1.54, 1.807) is 6.92 Å². The summed E-state index contributed by atoms with van der Waals surface area (Å²) >= 11 is 0. The number of nitrogens with two attached hydrogens (primary N) is 1. The van der Waals surface area contributed by atoms with Gasteiger partial charge in [0.15, 0.2) is 0 Å². The predicted octanol–water partition coefficient (Wildman–Crippen LogP) is -0.611. The number of carboxylic acid groups (broad SMARTS) is 1. The van der Waals surface area contributed by atoms with Gasteiger partial charge in [0, 0.05) is 19.1 Å². The topological polar surface area (TPSA) is 95.7 Å². The van der Waals surface area contributed by atoms with Gasteiger partial charge in [-0.3, -0.25) is 9.69 Å². The number of hydrogen-bond acceptors (Lipinski definition) is 4. The van der Waals surface area contributed by atoms with E-state index < -0.39 is 12.0 Å². The SMILES string of the molecule is CC[C@H](NC(=O)CN1CCC(N)CC1)C(=O)O. The Morgan fingerprint density at radius 1 is 1.47 bits per heavy atom. The minimum absolute atomic E-state index is 0.227. The Labute approximate surface area is 101 Å². The fraction of sp³-hybridized carbons (Fsp3) is 0.818. The second kappa shape index (κ2) is 6.56.